The Labute approximate surface area is 177 Å². The summed E-state index contributed by atoms with van der Waals surface area (Å²) in [4.78, 5) is 11.9. The van der Waals surface area contributed by atoms with Gasteiger partial charge >= 0.3 is 0 Å². The molecule has 4 nitrogen and oxygen atoms in total. The monoisotopic (exact) mass is 430 g/mol. The molecule has 0 radical (unpaired) electrons. The van der Waals surface area contributed by atoms with Gasteiger partial charge in [-0.1, -0.05) is 65.7 Å². The minimum atomic E-state index is -0.350. The molecule has 0 fully saturated rings. The molecule has 0 bridgehead atoms. The molecule has 0 atom stereocenters. The predicted molar refractivity (Wildman–Crippen MR) is 113 cm³/mol. The van der Waals surface area contributed by atoms with E-state index in [-0.39, 0.29) is 18.1 Å². The molecule has 0 saturated heterocycles. The highest BCUT2D eigenvalue weighted by Crippen LogP contribution is 2.34. The summed E-state index contributed by atoms with van der Waals surface area (Å²) in [5.74, 6) is -0.292. The summed E-state index contributed by atoms with van der Waals surface area (Å²) in [6, 6.07) is 18.6. The van der Waals surface area contributed by atoms with Crippen LogP contribution in [0.25, 0.3) is 0 Å². The van der Waals surface area contributed by atoms with E-state index in [4.69, 9.17) is 27.9 Å². The van der Waals surface area contributed by atoms with E-state index in [1.165, 1.54) is 18.3 Å². The lowest BCUT2D eigenvalue weighted by atomic mass is 10.1. The number of nitrogens with zero attached hydrogens (tertiary/aromatic N) is 1. The van der Waals surface area contributed by atoms with Crippen molar-refractivity contribution in [1.29, 1.82) is 0 Å². The lowest BCUT2D eigenvalue weighted by Gasteiger charge is -2.11. The Hall–Kier alpha value is -2.89. The van der Waals surface area contributed by atoms with Gasteiger partial charge in [0.2, 0.25) is 5.91 Å². The molecule has 3 aromatic carbocycles. The largest absolute Gasteiger partial charge is 0.486 e. The lowest BCUT2D eigenvalue weighted by Crippen LogP contribution is -2.19. The summed E-state index contributed by atoms with van der Waals surface area (Å²) >= 11 is 12.5. The maximum Gasteiger partial charge on any atom is 0.244 e. The highest BCUT2D eigenvalue weighted by Gasteiger charge is 2.10. The normalized spacial score (nSPS) is 10.9. The zero-order valence-electron chi connectivity index (χ0n) is 15.2. The molecule has 0 aromatic heterocycles. The van der Waals surface area contributed by atoms with Crippen LogP contribution in [-0.4, -0.2) is 12.1 Å². The number of hydrazone groups is 1. The number of carbonyl (C=O) groups is 1. The second-order valence-corrected chi connectivity index (χ2v) is 7.00. The second kappa shape index (κ2) is 10.0. The zero-order chi connectivity index (χ0) is 20.6. The van der Waals surface area contributed by atoms with Gasteiger partial charge in [-0.05, 0) is 41.0 Å². The molecule has 1 N–H and O–H groups in total. The molecular formula is C22H17Cl2FN2O2. The van der Waals surface area contributed by atoms with Gasteiger partial charge in [0.1, 0.15) is 12.4 Å². The summed E-state index contributed by atoms with van der Waals surface area (Å²) in [6.45, 7) is 0.340. The maximum atomic E-state index is 12.9. The SMILES string of the molecule is O=C(Cc1ccc(F)cc1)N/N=C/c1cc(Cl)c(OCc2ccccc2)c(Cl)c1. The number of carbonyl (C=O) groups excluding carboxylic acids is 1. The Balaban J connectivity index is 1.57. The minimum absolute atomic E-state index is 0.0887. The van der Waals surface area contributed by atoms with Gasteiger partial charge in [-0.2, -0.15) is 5.10 Å². The van der Waals surface area contributed by atoms with E-state index in [1.54, 1.807) is 24.3 Å². The van der Waals surface area contributed by atoms with Crippen molar-refractivity contribution in [1.82, 2.24) is 5.43 Å². The van der Waals surface area contributed by atoms with Gasteiger partial charge in [-0.15, -0.1) is 0 Å². The topological polar surface area (TPSA) is 50.7 Å². The molecule has 1 amide bonds. The summed E-state index contributed by atoms with van der Waals surface area (Å²) in [5, 5.41) is 4.58. The Morgan fingerprint density at radius 3 is 2.31 bits per heavy atom. The van der Waals surface area contributed by atoms with Crippen molar-refractivity contribution in [2.45, 2.75) is 13.0 Å². The molecule has 0 unspecified atom stereocenters. The number of hydrogen-bond acceptors (Lipinski definition) is 3. The van der Waals surface area contributed by atoms with Crippen molar-refractivity contribution in [2.75, 3.05) is 0 Å². The van der Waals surface area contributed by atoms with Crippen LogP contribution in [0.15, 0.2) is 71.8 Å². The molecule has 3 rings (SSSR count). The van der Waals surface area contributed by atoms with Crippen LogP contribution in [-0.2, 0) is 17.8 Å². The van der Waals surface area contributed by atoms with Crippen LogP contribution >= 0.6 is 23.2 Å². The first kappa shape index (κ1) is 20.8. The van der Waals surface area contributed by atoms with E-state index in [2.05, 4.69) is 10.5 Å². The molecule has 0 aliphatic carbocycles. The van der Waals surface area contributed by atoms with Crippen molar-refractivity contribution < 1.29 is 13.9 Å². The molecule has 0 aliphatic heterocycles. The van der Waals surface area contributed by atoms with Gasteiger partial charge in [0.05, 0.1) is 22.7 Å². The van der Waals surface area contributed by atoms with Crippen molar-refractivity contribution in [3.8, 4) is 5.75 Å². The standard InChI is InChI=1S/C22H17Cl2FN2O2/c23-19-10-17(11-20(24)22(19)29-14-16-4-2-1-3-5-16)13-26-27-21(28)12-15-6-8-18(25)9-7-15/h1-11,13H,12,14H2,(H,27,28)/b26-13+. The number of benzene rings is 3. The Kier molecular flexibility index (Phi) is 7.22. The van der Waals surface area contributed by atoms with Crippen molar-refractivity contribution in [3.05, 3.63) is 99.3 Å². The Morgan fingerprint density at radius 2 is 1.66 bits per heavy atom. The number of hydrogen-bond donors (Lipinski definition) is 1. The Bertz CT molecular complexity index is 986. The van der Waals surface area contributed by atoms with Crippen LogP contribution in [0.3, 0.4) is 0 Å². The van der Waals surface area contributed by atoms with Crippen molar-refractivity contribution in [2.24, 2.45) is 5.10 Å². The van der Waals surface area contributed by atoms with Crippen molar-refractivity contribution in [3.63, 3.8) is 0 Å². The summed E-state index contributed by atoms with van der Waals surface area (Å²) in [7, 11) is 0. The van der Waals surface area contributed by atoms with Crippen LogP contribution in [0.2, 0.25) is 10.0 Å². The number of ether oxygens (including phenoxy) is 1. The molecular weight excluding hydrogens is 414 g/mol. The van der Waals surface area contributed by atoms with E-state index < -0.39 is 0 Å². The predicted octanol–water partition coefficient (Wildman–Crippen LogP) is 5.40. The zero-order valence-corrected chi connectivity index (χ0v) is 16.8. The third-order valence-corrected chi connectivity index (χ3v) is 4.49. The van der Waals surface area contributed by atoms with Gasteiger partial charge in [0.25, 0.3) is 0 Å². The van der Waals surface area contributed by atoms with Gasteiger partial charge in [0.15, 0.2) is 5.75 Å². The summed E-state index contributed by atoms with van der Waals surface area (Å²) in [5.41, 5.74) is 4.70. The molecule has 0 spiro atoms. The summed E-state index contributed by atoms with van der Waals surface area (Å²) < 4.78 is 18.6. The van der Waals surface area contributed by atoms with Gasteiger partial charge < -0.3 is 4.74 Å². The Morgan fingerprint density at radius 1 is 1.00 bits per heavy atom. The molecule has 3 aromatic rings. The molecule has 148 valence electrons. The lowest BCUT2D eigenvalue weighted by molar-refractivity contribution is -0.120. The van der Waals surface area contributed by atoms with E-state index >= 15 is 0 Å². The van der Waals surface area contributed by atoms with E-state index in [0.29, 0.717) is 33.5 Å². The first-order valence-electron chi connectivity index (χ1n) is 8.73. The average molecular weight is 431 g/mol. The third-order valence-electron chi connectivity index (χ3n) is 3.93. The fourth-order valence-electron chi connectivity index (χ4n) is 2.53. The van der Waals surface area contributed by atoms with Gasteiger partial charge in [-0.25, -0.2) is 9.82 Å². The highest BCUT2D eigenvalue weighted by molar-refractivity contribution is 6.37. The van der Waals surface area contributed by atoms with Gasteiger partial charge in [-0.3, -0.25) is 4.79 Å². The second-order valence-electron chi connectivity index (χ2n) is 6.18. The molecule has 29 heavy (non-hydrogen) atoms. The maximum absolute atomic E-state index is 12.9. The fraction of sp³-hybridized carbons (Fsp3) is 0.0909. The first-order chi connectivity index (χ1) is 14.0. The summed E-state index contributed by atoms with van der Waals surface area (Å²) in [6.07, 6.45) is 1.52. The number of rotatable bonds is 7. The smallest absolute Gasteiger partial charge is 0.244 e. The molecule has 7 heteroatoms. The van der Waals surface area contributed by atoms with Crippen LogP contribution < -0.4 is 10.2 Å². The number of halogens is 3. The van der Waals surface area contributed by atoms with Crippen LogP contribution in [0.5, 0.6) is 5.75 Å². The van der Waals surface area contributed by atoms with E-state index in [0.717, 1.165) is 5.56 Å². The number of amides is 1. The molecule has 0 saturated carbocycles. The minimum Gasteiger partial charge on any atom is -0.486 e. The first-order valence-corrected chi connectivity index (χ1v) is 9.49. The highest BCUT2D eigenvalue weighted by atomic mass is 35.5. The van der Waals surface area contributed by atoms with Crippen molar-refractivity contribution >= 4 is 35.3 Å². The van der Waals surface area contributed by atoms with Crippen LogP contribution in [0.1, 0.15) is 16.7 Å². The van der Waals surface area contributed by atoms with E-state index in [9.17, 15) is 9.18 Å². The quantitative estimate of drug-likeness (QED) is 0.402. The van der Waals surface area contributed by atoms with Crippen LogP contribution in [0, 0.1) is 5.82 Å². The average Bonchev–Trinajstić information content (AvgIpc) is 2.70. The van der Waals surface area contributed by atoms with E-state index in [1.807, 2.05) is 30.3 Å². The number of nitrogens with one attached hydrogen (secondary N) is 1. The third kappa shape index (κ3) is 6.31. The molecule has 0 heterocycles. The van der Waals surface area contributed by atoms with Crippen LogP contribution in [0.4, 0.5) is 4.39 Å². The fourth-order valence-corrected chi connectivity index (χ4v) is 3.14. The molecule has 0 aliphatic rings. The van der Waals surface area contributed by atoms with Gasteiger partial charge in [0, 0.05) is 0 Å².